The van der Waals surface area contributed by atoms with Gasteiger partial charge >= 0.3 is 0 Å². The van der Waals surface area contributed by atoms with E-state index in [1.54, 1.807) is 28.9 Å². The molecule has 0 amide bonds. The van der Waals surface area contributed by atoms with Gasteiger partial charge in [0.15, 0.2) is 0 Å². The fourth-order valence-electron chi connectivity index (χ4n) is 3.98. The van der Waals surface area contributed by atoms with Crippen molar-refractivity contribution in [2.75, 3.05) is 13.1 Å². The van der Waals surface area contributed by atoms with Crippen molar-refractivity contribution in [1.82, 2.24) is 19.3 Å². The maximum atomic E-state index is 13.2. The molecule has 2 heterocycles. The highest BCUT2D eigenvalue weighted by molar-refractivity contribution is 7.89. The van der Waals surface area contributed by atoms with Crippen LogP contribution in [0.5, 0.6) is 11.5 Å². The van der Waals surface area contributed by atoms with E-state index < -0.39 is 10.0 Å². The smallest absolute Gasteiger partial charge is 0.243 e. The molecular formula is C25H24N4O3S. The van der Waals surface area contributed by atoms with Crippen LogP contribution in [0.15, 0.2) is 90.0 Å². The molecule has 0 bridgehead atoms. The fourth-order valence-corrected chi connectivity index (χ4v) is 5.48. The number of sulfonamides is 1. The number of nitrogens with zero attached hydrogens (tertiary/aromatic N) is 4. The summed E-state index contributed by atoms with van der Waals surface area (Å²) in [6.45, 7) is 2.80. The normalized spacial score (nSPS) is 16.7. The molecule has 1 aliphatic rings. The number of rotatable bonds is 6. The second-order valence-electron chi connectivity index (χ2n) is 8.15. The first-order valence-electron chi connectivity index (χ1n) is 10.8. The molecule has 7 nitrogen and oxygen atoms in total. The number of benzene rings is 3. The topological polar surface area (TPSA) is 77.3 Å². The van der Waals surface area contributed by atoms with Gasteiger partial charge in [-0.05, 0) is 55.3 Å². The van der Waals surface area contributed by atoms with E-state index in [0.29, 0.717) is 25.3 Å². The largest absolute Gasteiger partial charge is 0.457 e. The van der Waals surface area contributed by atoms with Gasteiger partial charge in [0.2, 0.25) is 10.0 Å². The number of ether oxygens (including phenoxy) is 1. The maximum Gasteiger partial charge on any atom is 0.243 e. The summed E-state index contributed by atoms with van der Waals surface area (Å²) in [5.41, 5.74) is 2.86. The minimum atomic E-state index is -3.61. The molecule has 0 saturated carbocycles. The predicted octanol–water partition coefficient (Wildman–Crippen LogP) is 4.68. The minimum absolute atomic E-state index is 0.0475. The van der Waals surface area contributed by atoms with E-state index in [-0.39, 0.29) is 10.9 Å². The zero-order valence-corrected chi connectivity index (χ0v) is 19.0. The molecule has 168 valence electrons. The molecule has 1 saturated heterocycles. The van der Waals surface area contributed by atoms with Gasteiger partial charge in [0, 0.05) is 18.7 Å². The summed E-state index contributed by atoms with van der Waals surface area (Å²) in [6, 6.07) is 24.1. The Morgan fingerprint density at radius 1 is 0.939 bits per heavy atom. The van der Waals surface area contributed by atoms with Crippen molar-refractivity contribution < 1.29 is 13.2 Å². The highest BCUT2D eigenvalue weighted by Crippen LogP contribution is 2.30. The lowest BCUT2D eigenvalue weighted by atomic mass is 10.2. The first-order chi connectivity index (χ1) is 16.0. The number of hydrogen-bond donors (Lipinski definition) is 0. The van der Waals surface area contributed by atoms with Crippen LogP contribution < -0.4 is 4.74 Å². The molecule has 1 fully saturated rings. The highest BCUT2D eigenvalue weighted by atomic mass is 32.2. The van der Waals surface area contributed by atoms with Gasteiger partial charge in [-0.25, -0.2) is 13.1 Å². The molecule has 1 aromatic heterocycles. The van der Waals surface area contributed by atoms with Gasteiger partial charge in [0.05, 0.1) is 17.1 Å². The van der Waals surface area contributed by atoms with Crippen molar-refractivity contribution in [2.24, 2.45) is 0 Å². The summed E-state index contributed by atoms with van der Waals surface area (Å²) in [4.78, 5) is 0.253. The highest BCUT2D eigenvalue weighted by Gasteiger charge is 2.34. The lowest BCUT2D eigenvalue weighted by Crippen LogP contribution is -2.29. The van der Waals surface area contributed by atoms with Crippen molar-refractivity contribution >= 4 is 10.0 Å². The van der Waals surface area contributed by atoms with E-state index >= 15 is 0 Å². The molecule has 0 N–H and O–H groups in total. The van der Waals surface area contributed by atoms with Gasteiger partial charge in [-0.15, -0.1) is 5.10 Å². The molecule has 0 radical (unpaired) electrons. The second-order valence-corrected chi connectivity index (χ2v) is 10.1. The maximum absolute atomic E-state index is 13.2. The number of aryl methyl sites for hydroxylation is 1. The zero-order chi connectivity index (χ0) is 22.8. The van der Waals surface area contributed by atoms with Gasteiger partial charge in [0.25, 0.3) is 0 Å². The first kappa shape index (κ1) is 21.4. The zero-order valence-electron chi connectivity index (χ0n) is 18.2. The third-order valence-corrected chi connectivity index (χ3v) is 7.65. The van der Waals surface area contributed by atoms with Gasteiger partial charge in [-0.3, -0.25) is 0 Å². The Kier molecular flexibility index (Phi) is 5.70. The number of aromatic nitrogens is 3. The average Bonchev–Trinajstić information content (AvgIpc) is 3.51. The summed E-state index contributed by atoms with van der Waals surface area (Å²) in [5, 5.41) is 8.51. The Bertz CT molecular complexity index is 1350. The van der Waals surface area contributed by atoms with E-state index in [9.17, 15) is 8.42 Å². The molecule has 5 rings (SSSR count). The Hall–Kier alpha value is -3.49. The van der Waals surface area contributed by atoms with Gasteiger partial charge < -0.3 is 4.74 Å². The molecule has 1 unspecified atom stereocenters. The molecule has 3 aromatic carbocycles. The van der Waals surface area contributed by atoms with Gasteiger partial charge in [-0.2, -0.15) is 4.31 Å². The third kappa shape index (κ3) is 4.53. The van der Waals surface area contributed by atoms with E-state index in [1.165, 1.54) is 4.31 Å². The van der Waals surface area contributed by atoms with E-state index in [0.717, 1.165) is 22.6 Å². The van der Waals surface area contributed by atoms with Crippen LogP contribution >= 0.6 is 0 Å². The van der Waals surface area contributed by atoms with Crippen molar-refractivity contribution in [3.05, 3.63) is 90.6 Å². The first-order valence-corrected chi connectivity index (χ1v) is 12.2. The van der Waals surface area contributed by atoms with E-state index in [2.05, 4.69) is 10.3 Å². The second kappa shape index (κ2) is 8.80. The summed E-state index contributed by atoms with van der Waals surface area (Å²) in [6.07, 6.45) is 2.57. The van der Waals surface area contributed by atoms with Crippen molar-refractivity contribution in [2.45, 2.75) is 24.3 Å². The van der Waals surface area contributed by atoms with Crippen LogP contribution in [0.3, 0.4) is 0 Å². The Morgan fingerprint density at radius 3 is 2.48 bits per heavy atom. The van der Waals surface area contributed by atoms with Crippen LogP contribution in [0, 0.1) is 6.92 Å². The molecule has 4 aromatic rings. The minimum Gasteiger partial charge on any atom is -0.457 e. The molecule has 0 spiro atoms. The van der Waals surface area contributed by atoms with Crippen LogP contribution in [0.25, 0.3) is 11.3 Å². The SMILES string of the molecule is Cc1cccc(Oc2ccc(S(=O)(=O)N3CCC(n4cc(-c5ccccc5)nn4)C3)cc2)c1. The molecule has 33 heavy (non-hydrogen) atoms. The predicted molar refractivity (Wildman–Crippen MR) is 126 cm³/mol. The van der Waals surface area contributed by atoms with Gasteiger partial charge in [-0.1, -0.05) is 47.7 Å². The summed E-state index contributed by atoms with van der Waals surface area (Å²) < 4.78 is 35.5. The molecule has 1 atom stereocenters. The Labute approximate surface area is 193 Å². The van der Waals surface area contributed by atoms with Crippen molar-refractivity contribution in [1.29, 1.82) is 0 Å². The Balaban J connectivity index is 1.27. The molecule has 1 aliphatic heterocycles. The lowest BCUT2D eigenvalue weighted by molar-refractivity contribution is 0.428. The van der Waals surface area contributed by atoms with E-state index in [4.69, 9.17) is 4.74 Å². The lowest BCUT2D eigenvalue weighted by Gasteiger charge is -2.17. The fraction of sp³-hybridized carbons (Fsp3) is 0.200. The average molecular weight is 461 g/mol. The standard InChI is InChI=1S/C25H24N4O3S/c1-19-6-5-9-23(16-19)32-22-10-12-24(13-11-22)33(30,31)28-15-14-21(17-28)29-18-25(26-27-29)20-7-3-2-4-8-20/h2-13,16,18,21H,14-15,17H2,1H3. The molecule has 8 heteroatoms. The van der Waals surface area contributed by atoms with E-state index in [1.807, 2.05) is 67.7 Å². The summed E-state index contributed by atoms with van der Waals surface area (Å²) in [7, 11) is -3.61. The van der Waals surface area contributed by atoms with Crippen LogP contribution in [-0.2, 0) is 10.0 Å². The van der Waals surface area contributed by atoms with Crippen molar-refractivity contribution in [3.63, 3.8) is 0 Å². The van der Waals surface area contributed by atoms with Gasteiger partial charge in [0.1, 0.15) is 17.2 Å². The Morgan fingerprint density at radius 2 is 1.73 bits per heavy atom. The quantitative estimate of drug-likeness (QED) is 0.417. The van der Waals surface area contributed by atoms with Crippen LogP contribution in [0.1, 0.15) is 18.0 Å². The summed E-state index contributed by atoms with van der Waals surface area (Å²) in [5.74, 6) is 1.31. The summed E-state index contributed by atoms with van der Waals surface area (Å²) >= 11 is 0. The molecule has 0 aliphatic carbocycles. The van der Waals surface area contributed by atoms with Crippen LogP contribution in [-0.4, -0.2) is 40.8 Å². The van der Waals surface area contributed by atoms with Crippen molar-refractivity contribution in [3.8, 4) is 22.8 Å². The number of hydrogen-bond acceptors (Lipinski definition) is 5. The third-order valence-electron chi connectivity index (χ3n) is 5.77. The van der Waals surface area contributed by atoms with Crippen LogP contribution in [0.2, 0.25) is 0 Å². The monoisotopic (exact) mass is 460 g/mol. The van der Waals surface area contributed by atoms with Crippen LogP contribution in [0.4, 0.5) is 0 Å². The molecular weight excluding hydrogens is 436 g/mol.